The van der Waals surface area contributed by atoms with Gasteiger partial charge in [0.25, 0.3) is 0 Å². The average Bonchev–Trinajstić information content (AvgIpc) is 3.21. The minimum atomic E-state index is -0.793. The van der Waals surface area contributed by atoms with Crippen molar-refractivity contribution in [2.24, 2.45) is 0 Å². The van der Waals surface area contributed by atoms with E-state index in [0.717, 1.165) is 19.3 Å². The first-order chi connectivity index (χ1) is 14.5. The number of nitrogens with zero attached hydrogens (tertiary/aromatic N) is 2. The molecule has 0 saturated heterocycles. The second kappa shape index (κ2) is 11.9. The van der Waals surface area contributed by atoms with Crippen LogP contribution in [0.5, 0.6) is 0 Å². The van der Waals surface area contributed by atoms with Crippen molar-refractivity contribution in [1.29, 1.82) is 0 Å². The maximum absolute atomic E-state index is 12.9. The minimum absolute atomic E-state index is 0.0866. The molecule has 164 valence electrons. The van der Waals surface area contributed by atoms with E-state index in [1.165, 1.54) is 6.07 Å². The maximum Gasteiger partial charge on any atom is 0.341 e. The topological polar surface area (TPSA) is 120 Å². The standard InChI is InChI=1S/C21H29N3O6/c1-4-7-10-28-19(25)14-13-15-18(23-24-22-15)17(21(27)30-12-9-6-3)16(14)20(26)29-11-8-5-2/h13H,4-12H2,1-3H3,(H,22,23,24). The number of carbonyl (C=O) groups excluding carboxylic acids is 3. The minimum Gasteiger partial charge on any atom is -0.462 e. The van der Waals surface area contributed by atoms with Crippen LogP contribution in [0.25, 0.3) is 11.0 Å². The number of unbranched alkanes of at least 4 members (excludes halogenated alkanes) is 3. The van der Waals surface area contributed by atoms with Crippen molar-refractivity contribution in [3.8, 4) is 0 Å². The number of rotatable bonds is 12. The van der Waals surface area contributed by atoms with Crippen LogP contribution in [0, 0.1) is 0 Å². The molecule has 2 aromatic rings. The van der Waals surface area contributed by atoms with E-state index in [2.05, 4.69) is 15.4 Å². The molecule has 0 unspecified atom stereocenters. The molecule has 0 amide bonds. The Labute approximate surface area is 175 Å². The van der Waals surface area contributed by atoms with E-state index in [1.54, 1.807) is 0 Å². The van der Waals surface area contributed by atoms with Gasteiger partial charge in [-0.1, -0.05) is 40.0 Å². The maximum atomic E-state index is 12.9. The molecule has 9 nitrogen and oxygen atoms in total. The zero-order chi connectivity index (χ0) is 21.9. The second-order valence-electron chi connectivity index (χ2n) is 6.83. The summed E-state index contributed by atoms with van der Waals surface area (Å²) in [4.78, 5) is 38.5. The van der Waals surface area contributed by atoms with Gasteiger partial charge in [0, 0.05) is 0 Å². The van der Waals surface area contributed by atoms with Crippen LogP contribution in [-0.4, -0.2) is 53.1 Å². The van der Waals surface area contributed by atoms with Crippen LogP contribution in [0.3, 0.4) is 0 Å². The lowest BCUT2D eigenvalue weighted by Gasteiger charge is -2.14. The van der Waals surface area contributed by atoms with Gasteiger partial charge in [0.2, 0.25) is 0 Å². The van der Waals surface area contributed by atoms with Gasteiger partial charge in [0.1, 0.15) is 16.6 Å². The number of H-pyrrole nitrogens is 1. The zero-order valence-electron chi connectivity index (χ0n) is 17.8. The Morgan fingerprint density at radius 2 is 1.27 bits per heavy atom. The fourth-order valence-corrected chi connectivity index (χ4v) is 2.71. The number of ether oxygens (including phenoxy) is 3. The number of nitrogens with one attached hydrogen (secondary N) is 1. The van der Waals surface area contributed by atoms with E-state index in [9.17, 15) is 14.4 Å². The van der Waals surface area contributed by atoms with Crippen LogP contribution in [-0.2, 0) is 14.2 Å². The molecule has 1 aromatic carbocycles. The fourth-order valence-electron chi connectivity index (χ4n) is 2.71. The van der Waals surface area contributed by atoms with Crippen molar-refractivity contribution < 1.29 is 28.6 Å². The van der Waals surface area contributed by atoms with Gasteiger partial charge < -0.3 is 14.2 Å². The van der Waals surface area contributed by atoms with Crippen molar-refractivity contribution in [1.82, 2.24) is 15.4 Å². The van der Waals surface area contributed by atoms with Gasteiger partial charge in [-0.15, -0.1) is 0 Å². The average molecular weight is 419 g/mol. The van der Waals surface area contributed by atoms with Crippen molar-refractivity contribution in [3.63, 3.8) is 0 Å². The largest absolute Gasteiger partial charge is 0.462 e. The lowest BCUT2D eigenvalue weighted by Crippen LogP contribution is -2.21. The molecule has 0 bridgehead atoms. The molecule has 0 aliphatic heterocycles. The summed E-state index contributed by atoms with van der Waals surface area (Å²) in [6, 6.07) is 1.38. The molecule has 0 radical (unpaired) electrons. The van der Waals surface area contributed by atoms with E-state index >= 15 is 0 Å². The first-order valence-electron chi connectivity index (χ1n) is 10.4. The summed E-state index contributed by atoms with van der Waals surface area (Å²) in [7, 11) is 0. The van der Waals surface area contributed by atoms with Crippen molar-refractivity contribution in [2.75, 3.05) is 19.8 Å². The Hall–Kier alpha value is -2.97. The zero-order valence-corrected chi connectivity index (χ0v) is 17.8. The van der Waals surface area contributed by atoms with Gasteiger partial charge in [-0.2, -0.15) is 15.4 Å². The Balaban J connectivity index is 2.53. The van der Waals surface area contributed by atoms with Gasteiger partial charge in [-0.05, 0) is 25.3 Å². The highest BCUT2D eigenvalue weighted by Crippen LogP contribution is 2.26. The quantitative estimate of drug-likeness (QED) is 0.313. The van der Waals surface area contributed by atoms with Gasteiger partial charge in [-0.3, -0.25) is 0 Å². The number of hydrogen-bond acceptors (Lipinski definition) is 8. The molecule has 0 aliphatic carbocycles. The van der Waals surface area contributed by atoms with E-state index in [4.69, 9.17) is 14.2 Å². The molecule has 0 fully saturated rings. The summed E-state index contributed by atoms with van der Waals surface area (Å²) >= 11 is 0. The molecule has 2 rings (SSSR count). The van der Waals surface area contributed by atoms with Gasteiger partial charge in [-0.25, -0.2) is 14.4 Å². The van der Waals surface area contributed by atoms with Crippen LogP contribution < -0.4 is 0 Å². The predicted molar refractivity (Wildman–Crippen MR) is 109 cm³/mol. The summed E-state index contributed by atoms with van der Waals surface area (Å²) in [5.41, 5.74) is -0.0257. The SMILES string of the molecule is CCCCOC(=O)c1cc2n[nH]nc2c(C(=O)OCCCC)c1C(=O)OCCCC. The summed E-state index contributed by atoms with van der Waals surface area (Å²) in [6.45, 7) is 6.45. The van der Waals surface area contributed by atoms with Crippen LogP contribution >= 0.6 is 0 Å². The summed E-state index contributed by atoms with van der Waals surface area (Å²) in [5, 5.41) is 10.4. The Kier molecular flexibility index (Phi) is 9.24. The highest BCUT2D eigenvalue weighted by molar-refractivity contribution is 6.16. The molecule has 9 heteroatoms. The van der Waals surface area contributed by atoms with E-state index in [-0.39, 0.29) is 47.5 Å². The van der Waals surface area contributed by atoms with E-state index < -0.39 is 17.9 Å². The summed E-state index contributed by atoms with van der Waals surface area (Å²) in [6.07, 6.45) is 4.51. The molecule has 1 heterocycles. The number of esters is 3. The first kappa shape index (κ1) is 23.3. The Morgan fingerprint density at radius 3 is 1.80 bits per heavy atom. The van der Waals surface area contributed by atoms with Crippen LogP contribution in [0.1, 0.15) is 90.4 Å². The number of aromatic nitrogens is 3. The summed E-state index contributed by atoms with van der Waals surface area (Å²) < 4.78 is 15.9. The molecule has 0 spiro atoms. The smallest absolute Gasteiger partial charge is 0.341 e. The lowest BCUT2D eigenvalue weighted by atomic mass is 9.98. The Bertz CT molecular complexity index is 877. The van der Waals surface area contributed by atoms with Gasteiger partial charge in [0.05, 0.1) is 30.9 Å². The van der Waals surface area contributed by atoms with E-state index in [0.29, 0.717) is 19.3 Å². The van der Waals surface area contributed by atoms with Crippen molar-refractivity contribution >= 4 is 28.9 Å². The molecule has 0 aliphatic rings. The fraction of sp³-hybridized carbons (Fsp3) is 0.571. The number of fused-ring (bicyclic) bond motifs is 1. The third-order valence-corrected chi connectivity index (χ3v) is 4.43. The molecule has 30 heavy (non-hydrogen) atoms. The third kappa shape index (κ3) is 5.77. The molecule has 0 atom stereocenters. The lowest BCUT2D eigenvalue weighted by molar-refractivity contribution is 0.0433. The van der Waals surface area contributed by atoms with Crippen LogP contribution in [0.15, 0.2) is 6.07 Å². The monoisotopic (exact) mass is 419 g/mol. The molecular weight excluding hydrogens is 390 g/mol. The van der Waals surface area contributed by atoms with Crippen LogP contribution in [0.2, 0.25) is 0 Å². The molecule has 0 saturated carbocycles. The predicted octanol–water partition coefficient (Wildman–Crippen LogP) is 3.83. The second-order valence-corrected chi connectivity index (χ2v) is 6.83. The number of carbonyl (C=O) groups is 3. The summed E-state index contributed by atoms with van der Waals surface area (Å²) in [5.74, 6) is -2.27. The molecular formula is C21H29N3O6. The molecule has 1 aromatic heterocycles. The number of hydrogen-bond donors (Lipinski definition) is 1. The van der Waals surface area contributed by atoms with Gasteiger partial charge in [0.15, 0.2) is 0 Å². The first-order valence-corrected chi connectivity index (χ1v) is 10.4. The highest BCUT2D eigenvalue weighted by Gasteiger charge is 2.31. The molecule has 1 N–H and O–H groups in total. The number of benzene rings is 1. The third-order valence-electron chi connectivity index (χ3n) is 4.43. The van der Waals surface area contributed by atoms with E-state index in [1.807, 2.05) is 20.8 Å². The Morgan fingerprint density at radius 1 is 0.767 bits per heavy atom. The number of aromatic amines is 1. The van der Waals surface area contributed by atoms with Crippen LogP contribution in [0.4, 0.5) is 0 Å². The van der Waals surface area contributed by atoms with Gasteiger partial charge >= 0.3 is 17.9 Å². The normalized spacial score (nSPS) is 10.8. The highest BCUT2D eigenvalue weighted by atomic mass is 16.5. The van der Waals surface area contributed by atoms with Crippen molar-refractivity contribution in [2.45, 2.75) is 59.3 Å². The van der Waals surface area contributed by atoms with Crippen molar-refractivity contribution in [3.05, 3.63) is 22.8 Å².